The Labute approximate surface area is 123 Å². The van der Waals surface area contributed by atoms with E-state index in [1.807, 2.05) is 6.92 Å². The quantitative estimate of drug-likeness (QED) is 0.793. The second-order valence-corrected chi connectivity index (χ2v) is 4.89. The lowest BCUT2D eigenvalue weighted by atomic mass is 10.1. The first-order valence-corrected chi connectivity index (χ1v) is 6.85. The summed E-state index contributed by atoms with van der Waals surface area (Å²) in [5.41, 5.74) is 0.505. The Kier molecular flexibility index (Phi) is 4.80. The van der Waals surface area contributed by atoms with Crippen LogP contribution in [0.1, 0.15) is 24.9 Å². The molecular weight excluding hydrogens is 274 g/mol. The number of hydrogen-bond acceptors (Lipinski definition) is 4. The minimum absolute atomic E-state index is 0.0830. The van der Waals surface area contributed by atoms with Gasteiger partial charge in [0, 0.05) is 6.61 Å². The van der Waals surface area contributed by atoms with E-state index in [0.717, 1.165) is 0 Å². The van der Waals surface area contributed by atoms with Gasteiger partial charge in [-0.15, -0.1) is 0 Å². The molecule has 1 saturated carbocycles. The molecule has 1 aliphatic carbocycles. The smallest absolute Gasteiger partial charge is 0.330 e. The highest BCUT2D eigenvalue weighted by molar-refractivity contribution is 5.87. The number of nitrogens with one attached hydrogen (secondary N) is 1. The molecule has 1 fully saturated rings. The standard InChI is InChI=1S/C15H19NO5/c1-3-21-12-8-11(12)14(17)16-13(15(18)19)9-4-6-10(20-2)7-5-9/h4-7,11-13H,3,8H2,1-2H3,(H,16,17)(H,18,19). The van der Waals surface area contributed by atoms with Crippen molar-refractivity contribution in [3.63, 3.8) is 0 Å². The summed E-state index contributed by atoms with van der Waals surface area (Å²) in [6.45, 7) is 2.42. The van der Waals surface area contributed by atoms with E-state index in [2.05, 4.69) is 5.32 Å². The topological polar surface area (TPSA) is 84.9 Å². The number of hydrogen-bond donors (Lipinski definition) is 2. The van der Waals surface area contributed by atoms with Gasteiger partial charge in [-0.2, -0.15) is 0 Å². The van der Waals surface area contributed by atoms with Gasteiger partial charge in [-0.1, -0.05) is 12.1 Å². The zero-order valence-electron chi connectivity index (χ0n) is 12.0. The molecule has 1 aliphatic rings. The van der Waals surface area contributed by atoms with Crippen LogP contribution >= 0.6 is 0 Å². The highest BCUT2D eigenvalue weighted by atomic mass is 16.5. The van der Waals surface area contributed by atoms with Gasteiger partial charge in [-0.05, 0) is 31.0 Å². The third-order valence-electron chi connectivity index (χ3n) is 3.43. The molecule has 0 aromatic heterocycles. The van der Waals surface area contributed by atoms with E-state index in [1.165, 1.54) is 7.11 Å². The SMILES string of the molecule is CCOC1CC1C(=O)NC(C(=O)O)c1ccc(OC)cc1. The molecule has 2 rings (SSSR count). The zero-order chi connectivity index (χ0) is 15.4. The molecule has 114 valence electrons. The number of amides is 1. The third kappa shape index (κ3) is 3.72. The second-order valence-electron chi connectivity index (χ2n) is 4.89. The summed E-state index contributed by atoms with van der Waals surface area (Å²) in [5.74, 6) is -0.989. The number of benzene rings is 1. The summed E-state index contributed by atoms with van der Waals surface area (Å²) in [6, 6.07) is 5.52. The normalized spacial score (nSPS) is 21.4. The number of aliphatic carboxylic acids is 1. The molecule has 3 atom stereocenters. The van der Waals surface area contributed by atoms with E-state index in [9.17, 15) is 14.7 Å². The molecule has 6 nitrogen and oxygen atoms in total. The maximum atomic E-state index is 12.0. The molecule has 1 amide bonds. The predicted octanol–water partition coefficient (Wildman–Crippen LogP) is 1.36. The average molecular weight is 293 g/mol. The van der Waals surface area contributed by atoms with Crippen molar-refractivity contribution in [2.75, 3.05) is 13.7 Å². The summed E-state index contributed by atoms with van der Waals surface area (Å²) < 4.78 is 10.4. The molecule has 0 aliphatic heterocycles. The number of carbonyl (C=O) groups excluding carboxylic acids is 1. The van der Waals surface area contributed by atoms with Crippen LogP contribution in [0.4, 0.5) is 0 Å². The Hall–Kier alpha value is -2.08. The maximum absolute atomic E-state index is 12.0. The van der Waals surface area contributed by atoms with Crippen molar-refractivity contribution in [1.82, 2.24) is 5.32 Å². The highest BCUT2D eigenvalue weighted by Gasteiger charge is 2.45. The highest BCUT2D eigenvalue weighted by Crippen LogP contribution is 2.34. The van der Waals surface area contributed by atoms with Gasteiger partial charge in [0.2, 0.25) is 5.91 Å². The van der Waals surface area contributed by atoms with Gasteiger partial charge < -0.3 is 19.9 Å². The van der Waals surface area contributed by atoms with Gasteiger partial charge in [-0.25, -0.2) is 4.79 Å². The number of carboxylic acid groups (broad SMARTS) is 1. The van der Waals surface area contributed by atoms with Crippen LogP contribution in [0.2, 0.25) is 0 Å². The number of methoxy groups -OCH3 is 1. The molecule has 1 aromatic carbocycles. The van der Waals surface area contributed by atoms with Crippen molar-refractivity contribution < 1.29 is 24.2 Å². The first kappa shape index (κ1) is 15.3. The molecule has 3 unspecified atom stereocenters. The molecule has 0 radical (unpaired) electrons. The Morgan fingerprint density at radius 1 is 1.38 bits per heavy atom. The van der Waals surface area contributed by atoms with Crippen molar-refractivity contribution in [2.24, 2.45) is 5.92 Å². The first-order chi connectivity index (χ1) is 10.1. The molecule has 0 heterocycles. The van der Waals surface area contributed by atoms with Crippen molar-refractivity contribution in [3.05, 3.63) is 29.8 Å². The summed E-state index contributed by atoms with van der Waals surface area (Å²) >= 11 is 0. The zero-order valence-corrected chi connectivity index (χ0v) is 12.0. The molecule has 0 bridgehead atoms. The van der Waals surface area contributed by atoms with Crippen LogP contribution in [0.15, 0.2) is 24.3 Å². The number of carbonyl (C=O) groups is 2. The summed E-state index contributed by atoms with van der Waals surface area (Å²) in [6.07, 6.45) is 0.564. The first-order valence-electron chi connectivity index (χ1n) is 6.85. The van der Waals surface area contributed by atoms with Crippen molar-refractivity contribution >= 4 is 11.9 Å². The minimum atomic E-state index is -1.10. The van der Waals surface area contributed by atoms with Gasteiger partial charge in [-0.3, -0.25) is 4.79 Å². The van der Waals surface area contributed by atoms with Gasteiger partial charge in [0.1, 0.15) is 5.75 Å². The summed E-state index contributed by atoms with van der Waals surface area (Å²) in [7, 11) is 1.53. The van der Waals surface area contributed by atoms with Crippen LogP contribution in [0, 0.1) is 5.92 Å². The van der Waals surface area contributed by atoms with Gasteiger partial charge in [0.25, 0.3) is 0 Å². The summed E-state index contributed by atoms with van der Waals surface area (Å²) in [5, 5.41) is 11.9. The van der Waals surface area contributed by atoms with Crippen LogP contribution in [0.3, 0.4) is 0 Å². The van der Waals surface area contributed by atoms with E-state index in [4.69, 9.17) is 9.47 Å². The summed E-state index contributed by atoms with van der Waals surface area (Å²) in [4.78, 5) is 23.4. The van der Waals surface area contributed by atoms with Crippen LogP contribution in [-0.4, -0.2) is 36.8 Å². The van der Waals surface area contributed by atoms with Crippen molar-refractivity contribution in [2.45, 2.75) is 25.5 Å². The Bertz CT molecular complexity index is 513. The van der Waals surface area contributed by atoms with Crippen LogP contribution in [-0.2, 0) is 14.3 Å². The number of ether oxygens (including phenoxy) is 2. The van der Waals surface area contributed by atoms with Crippen LogP contribution in [0.5, 0.6) is 5.75 Å². The number of rotatable bonds is 7. The maximum Gasteiger partial charge on any atom is 0.330 e. The lowest BCUT2D eigenvalue weighted by Crippen LogP contribution is -2.35. The van der Waals surface area contributed by atoms with Gasteiger partial charge in [0.15, 0.2) is 6.04 Å². The number of carboxylic acids is 1. The minimum Gasteiger partial charge on any atom is -0.497 e. The van der Waals surface area contributed by atoms with Gasteiger partial charge in [0.05, 0.1) is 19.1 Å². The lowest BCUT2D eigenvalue weighted by Gasteiger charge is -2.15. The second kappa shape index (κ2) is 6.58. The Morgan fingerprint density at radius 2 is 2.05 bits per heavy atom. The van der Waals surface area contributed by atoms with Crippen molar-refractivity contribution in [1.29, 1.82) is 0 Å². The Balaban J connectivity index is 2.02. The average Bonchev–Trinajstić information content (AvgIpc) is 3.24. The fourth-order valence-electron chi connectivity index (χ4n) is 2.18. The molecule has 0 saturated heterocycles. The largest absolute Gasteiger partial charge is 0.497 e. The van der Waals surface area contributed by atoms with E-state index in [1.54, 1.807) is 24.3 Å². The fourth-order valence-corrected chi connectivity index (χ4v) is 2.18. The van der Waals surface area contributed by atoms with E-state index >= 15 is 0 Å². The monoisotopic (exact) mass is 293 g/mol. The molecule has 6 heteroatoms. The molecular formula is C15H19NO5. The van der Waals surface area contributed by atoms with E-state index in [0.29, 0.717) is 24.3 Å². The van der Waals surface area contributed by atoms with E-state index in [-0.39, 0.29) is 17.9 Å². The molecule has 1 aromatic rings. The fraction of sp³-hybridized carbons (Fsp3) is 0.467. The molecule has 21 heavy (non-hydrogen) atoms. The van der Waals surface area contributed by atoms with Crippen LogP contribution in [0.25, 0.3) is 0 Å². The predicted molar refractivity (Wildman–Crippen MR) is 75.0 cm³/mol. The third-order valence-corrected chi connectivity index (χ3v) is 3.43. The Morgan fingerprint density at radius 3 is 2.57 bits per heavy atom. The van der Waals surface area contributed by atoms with Crippen molar-refractivity contribution in [3.8, 4) is 5.75 Å². The molecule has 0 spiro atoms. The lowest BCUT2D eigenvalue weighted by molar-refractivity contribution is -0.142. The van der Waals surface area contributed by atoms with Gasteiger partial charge >= 0.3 is 5.97 Å². The van der Waals surface area contributed by atoms with E-state index < -0.39 is 12.0 Å². The van der Waals surface area contributed by atoms with Crippen LogP contribution < -0.4 is 10.1 Å². The molecule has 2 N–H and O–H groups in total.